The molecule has 0 aromatic heterocycles. The summed E-state index contributed by atoms with van der Waals surface area (Å²) < 4.78 is 133. The van der Waals surface area contributed by atoms with Crippen LogP contribution in [-0.2, 0) is 14.3 Å². The third-order valence-electron chi connectivity index (χ3n) is 5.48. The number of alkyl halides is 9. The molecule has 7 nitrogen and oxygen atoms in total. The number of nitrogens with zero attached hydrogens (tertiary/aromatic N) is 2. The fourth-order valence-corrected chi connectivity index (χ4v) is 3.87. The summed E-state index contributed by atoms with van der Waals surface area (Å²) in [6.07, 6.45) is -22.9. The minimum atomic E-state index is -5.92. The smallest absolute Gasteiger partial charge is 0.434 e. The molecule has 1 aliphatic heterocycles. The van der Waals surface area contributed by atoms with Crippen LogP contribution in [0.1, 0.15) is 45.2 Å². The summed E-state index contributed by atoms with van der Waals surface area (Å²) in [6.45, 7) is 2.63. The second kappa shape index (κ2) is 12.7. The van der Waals surface area contributed by atoms with Gasteiger partial charge >= 0.3 is 30.6 Å². The number of hydrogen-bond donors (Lipinski definition) is 0. The van der Waals surface area contributed by atoms with E-state index >= 15 is 0 Å². The molecule has 40 heavy (non-hydrogen) atoms. The zero-order valence-electron chi connectivity index (χ0n) is 21.8. The minimum Gasteiger partial charge on any atom is -0.493 e. The number of ether oxygens (including phenoxy) is 3. The van der Waals surface area contributed by atoms with Crippen LogP contribution in [0.3, 0.4) is 0 Å². The maximum atomic E-state index is 14.2. The first-order valence-electron chi connectivity index (χ1n) is 12.0. The SMILES string of the molecule is CC(C)(C)OC(=O)CCCOc1ccccc1C(N1CCN(C(=O)OC(C(F)(F)F)C(F)(F)F)CC1)C(F)(F)F. The lowest BCUT2D eigenvalue weighted by molar-refractivity contribution is -0.308. The van der Waals surface area contributed by atoms with E-state index in [1.165, 1.54) is 24.3 Å². The summed E-state index contributed by atoms with van der Waals surface area (Å²) in [5, 5.41) is 0. The Morgan fingerprint density at radius 3 is 1.90 bits per heavy atom. The molecule has 0 aliphatic carbocycles. The molecule has 1 aromatic rings. The molecule has 1 saturated heterocycles. The highest BCUT2D eigenvalue weighted by Crippen LogP contribution is 2.42. The number of para-hydroxylation sites is 1. The Morgan fingerprint density at radius 1 is 0.850 bits per heavy atom. The Hall–Kier alpha value is -2.91. The first-order chi connectivity index (χ1) is 18.2. The van der Waals surface area contributed by atoms with Crippen LogP contribution in [0.2, 0.25) is 0 Å². The van der Waals surface area contributed by atoms with E-state index in [0.717, 1.165) is 4.90 Å². The standard InChI is InChI=1S/C24H29F9N2O5/c1-21(2,3)40-17(36)9-6-14-38-16-8-5-4-7-15(16)18(22(25,26)27)34-10-12-35(13-11-34)20(37)39-19(23(28,29)30)24(31,32)33/h4-5,7-8,18-19H,6,9-14H2,1-3H3. The minimum absolute atomic E-state index is 0.0380. The lowest BCUT2D eigenvalue weighted by Crippen LogP contribution is -2.54. The Kier molecular flexibility index (Phi) is 10.6. The van der Waals surface area contributed by atoms with Crippen molar-refractivity contribution in [2.75, 3.05) is 32.8 Å². The number of piperazine rings is 1. The highest BCUT2D eigenvalue weighted by molar-refractivity contribution is 5.69. The van der Waals surface area contributed by atoms with Crippen molar-refractivity contribution < 1.29 is 63.3 Å². The molecule has 0 spiro atoms. The van der Waals surface area contributed by atoms with E-state index in [1.54, 1.807) is 20.8 Å². The molecule has 1 unspecified atom stereocenters. The van der Waals surface area contributed by atoms with Crippen molar-refractivity contribution in [2.45, 2.75) is 69.9 Å². The van der Waals surface area contributed by atoms with E-state index in [-0.39, 0.29) is 30.8 Å². The average molecular weight is 596 g/mol. The summed E-state index contributed by atoms with van der Waals surface area (Å²) in [4.78, 5) is 25.2. The summed E-state index contributed by atoms with van der Waals surface area (Å²) >= 11 is 0. The topological polar surface area (TPSA) is 68.3 Å². The maximum Gasteiger partial charge on any atom is 0.434 e. The molecule has 228 valence electrons. The first-order valence-corrected chi connectivity index (χ1v) is 12.0. The van der Waals surface area contributed by atoms with Crippen molar-refractivity contribution in [3.05, 3.63) is 29.8 Å². The molecule has 2 rings (SSSR count). The van der Waals surface area contributed by atoms with Gasteiger partial charge in [-0.3, -0.25) is 9.69 Å². The molecule has 0 N–H and O–H groups in total. The number of halogens is 9. The van der Waals surface area contributed by atoms with E-state index in [0.29, 0.717) is 4.90 Å². The molecular weight excluding hydrogens is 567 g/mol. The van der Waals surface area contributed by atoms with Gasteiger partial charge in [-0.25, -0.2) is 4.79 Å². The van der Waals surface area contributed by atoms with Crippen LogP contribution in [-0.4, -0.2) is 84.9 Å². The lowest BCUT2D eigenvalue weighted by Gasteiger charge is -2.40. The van der Waals surface area contributed by atoms with Crippen LogP contribution in [0, 0.1) is 0 Å². The van der Waals surface area contributed by atoms with Gasteiger partial charge in [-0.2, -0.15) is 39.5 Å². The summed E-state index contributed by atoms with van der Waals surface area (Å²) in [6, 6.07) is 2.98. The lowest BCUT2D eigenvalue weighted by atomic mass is 10.0. The van der Waals surface area contributed by atoms with Crippen LogP contribution in [0.25, 0.3) is 0 Å². The number of carbonyl (C=O) groups excluding carboxylic acids is 2. The number of esters is 1. The van der Waals surface area contributed by atoms with Gasteiger partial charge in [0, 0.05) is 38.2 Å². The molecule has 0 saturated carbocycles. The van der Waals surface area contributed by atoms with Crippen molar-refractivity contribution in [1.82, 2.24) is 9.80 Å². The molecule has 1 atom stereocenters. The van der Waals surface area contributed by atoms with Gasteiger partial charge in [0.1, 0.15) is 17.4 Å². The Balaban J connectivity index is 2.08. The molecule has 1 fully saturated rings. The number of hydrogen-bond acceptors (Lipinski definition) is 6. The molecule has 1 amide bonds. The van der Waals surface area contributed by atoms with E-state index in [9.17, 15) is 49.1 Å². The predicted octanol–water partition coefficient (Wildman–Crippen LogP) is 6.04. The van der Waals surface area contributed by atoms with Crippen LogP contribution in [0.5, 0.6) is 5.75 Å². The third kappa shape index (κ3) is 9.93. The van der Waals surface area contributed by atoms with E-state index in [4.69, 9.17) is 9.47 Å². The van der Waals surface area contributed by atoms with Gasteiger partial charge in [-0.15, -0.1) is 0 Å². The number of rotatable bonds is 8. The van der Waals surface area contributed by atoms with Crippen LogP contribution in [0.15, 0.2) is 24.3 Å². The highest BCUT2D eigenvalue weighted by Gasteiger charge is 2.60. The third-order valence-corrected chi connectivity index (χ3v) is 5.48. The Morgan fingerprint density at radius 2 is 1.40 bits per heavy atom. The Bertz CT molecular complexity index is 984. The van der Waals surface area contributed by atoms with Crippen molar-refractivity contribution in [3.8, 4) is 5.75 Å². The van der Waals surface area contributed by atoms with Gasteiger partial charge in [0.05, 0.1) is 6.61 Å². The second-order valence-electron chi connectivity index (χ2n) is 9.89. The van der Waals surface area contributed by atoms with Crippen molar-refractivity contribution in [1.29, 1.82) is 0 Å². The molecule has 16 heteroatoms. The summed E-state index contributed by atoms with van der Waals surface area (Å²) in [7, 11) is 0. The average Bonchev–Trinajstić information content (AvgIpc) is 2.78. The van der Waals surface area contributed by atoms with Gasteiger partial charge in [0.2, 0.25) is 0 Å². The quantitative estimate of drug-likeness (QED) is 0.207. The molecule has 1 aromatic carbocycles. The van der Waals surface area contributed by atoms with Crippen molar-refractivity contribution >= 4 is 12.1 Å². The van der Waals surface area contributed by atoms with E-state index in [2.05, 4.69) is 4.74 Å². The first kappa shape index (κ1) is 33.3. The maximum absolute atomic E-state index is 14.2. The van der Waals surface area contributed by atoms with Gasteiger partial charge < -0.3 is 19.1 Å². The van der Waals surface area contributed by atoms with Crippen molar-refractivity contribution in [2.24, 2.45) is 0 Å². The van der Waals surface area contributed by atoms with Crippen LogP contribution >= 0.6 is 0 Å². The highest BCUT2D eigenvalue weighted by atomic mass is 19.4. The van der Waals surface area contributed by atoms with E-state index in [1.807, 2.05) is 0 Å². The van der Waals surface area contributed by atoms with Gasteiger partial charge in [0.25, 0.3) is 6.10 Å². The summed E-state index contributed by atoms with van der Waals surface area (Å²) in [5.41, 5.74) is -0.999. The molecular formula is C24H29F9N2O5. The summed E-state index contributed by atoms with van der Waals surface area (Å²) in [5.74, 6) is -0.639. The predicted molar refractivity (Wildman–Crippen MR) is 121 cm³/mol. The zero-order chi connectivity index (χ0) is 30.5. The van der Waals surface area contributed by atoms with E-state index < -0.39 is 74.5 Å². The molecule has 1 aliphatic rings. The van der Waals surface area contributed by atoms with Gasteiger partial charge in [0.15, 0.2) is 0 Å². The number of benzene rings is 1. The largest absolute Gasteiger partial charge is 0.493 e. The zero-order valence-corrected chi connectivity index (χ0v) is 21.8. The fourth-order valence-electron chi connectivity index (χ4n) is 3.87. The molecule has 1 heterocycles. The number of amides is 1. The van der Waals surface area contributed by atoms with Crippen molar-refractivity contribution in [3.63, 3.8) is 0 Å². The van der Waals surface area contributed by atoms with Crippen LogP contribution < -0.4 is 4.74 Å². The monoisotopic (exact) mass is 596 g/mol. The molecule has 0 bridgehead atoms. The van der Waals surface area contributed by atoms with Gasteiger partial charge in [-0.05, 0) is 33.3 Å². The second-order valence-corrected chi connectivity index (χ2v) is 9.89. The Labute approximate surface area is 224 Å². The van der Waals surface area contributed by atoms with Crippen LogP contribution in [0.4, 0.5) is 44.3 Å². The number of carbonyl (C=O) groups is 2. The normalized spacial score (nSPS) is 16.6. The fraction of sp³-hybridized carbons (Fsp3) is 0.667. The van der Waals surface area contributed by atoms with Gasteiger partial charge in [-0.1, -0.05) is 18.2 Å². The molecule has 0 radical (unpaired) electrons.